The summed E-state index contributed by atoms with van der Waals surface area (Å²) in [5, 5.41) is 14.3. The van der Waals surface area contributed by atoms with Crippen LogP contribution in [0, 0.1) is 10.1 Å². The molecule has 1 fully saturated rings. The first kappa shape index (κ1) is 19.8. The van der Waals surface area contributed by atoms with Crippen LogP contribution in [0.5, 0.6) is 11.5 Å². The zero-order chi connectivity index (χ0) is 20.1. The highest BCUT2D eigenvalue weighted by molar-refractivity contribution is 6.30. The summed E-state index contributed by atoms with van der Waals surface area (Å²) in [6.07, 6.45) is 0.776. The van der Waals surface area contributed by atoms with Crippen molar-refractivity contribution in [1.82, 2.24) is 5.32 Å². The Kier molecular flexibility index (Phi) is 6.20. The molecule has 1 amide bonds. The molecule has 0 bridgehead atoms. The van der Waals surface area contributed by atoms with Crippen molar-refractivity contribution in [2.45, 2.75) is 12.5 Å². The summed E-state index contributed by atoms with van der Waals surface area (Å²) in [5.41, 5.74) is 0.805. The number of methoxy groups -OCH3 is 1. The predicted molar refractivity (Wildman–Crippen MR) is 105 cm³/mol. The van der Waals surface area contributed by atoms with Crippen LogP contribution in [0.3, 0.4) is 0 Å². The summed E-state index contributed by atoms with van der Waals surface area (Å²) in [6, 6.07) is 11.1. The van der Waals surface area contributed by atoms with Crippen molar-refractivity contribution in [3.05, 3.63) is 57.6 Å². The van der Waals surface area contributed by atoms with Crippen LogP contribution in [-0.4, -0.2) is 43.7 Å². The lowest BCUT2D eigenvalue weighted by molar-refractivity contribution is -0.384. The molecule has 28 heavy (non-hydrogen) atoms. The molecule has 0 aliphatic carbocycles. The second-order valence-corrected chi connectivity index (χ2v) is 6.79. The van der Waals surface area contributed by atoms with E-state index in [1.54, 1.807) is 19.2 Å². The van der Waals surface area contributed by atoms with Gasteiger partial charge in [-0.3, -0.25) is 14.9 Å². The molecule has 1 unspecified atom stereocenters. The molecule has 9 heteroatoms. The van der Waals surface area contributed by atoms with E-state index >= 15 is 0 Å². The number of benzene rings is 2. The Balaban J connectivity index is 1.53. The topological polar surface area (TPSA) is 93.9 Å². The summed E-state index contributed by atoms with van der Waals surface area (Å²) in [6.45, 7) is 1.17. The van der Waals surface area contributed by atoms with E-state index in [-0.39, 0.29) is 30.0 Å². The SMILES string of the molecule is COc1ccc(Cl)cc1N1CCC(NC(=O)COc2cccc([N+](=O)[O-])c2)C1. The quantitative estimate of drug-likeness (QED) is 0.562. The molecule has 148 valence electrons. The lowest BCUT2D eigenvalue weighted by atomic mass is 10.2. The first-order valence-corrected chi connectivity index (χ1v) is 9.09. The van der Waals surface area contributed by atoms with Gasteiger partial charge in [0, 0.05) is 30.2 Å². The molecule has 1 aliphatic rings. The van der Waals surface area contributed by atoms with Gasteiger partial charge >= 0.3 is 0 Å². The number of hydrogen-bond acceptors (Lipinski definition) is 6. The van der Waals surface area contributed by atoms with Crippen LogP contribution in [-0.2, 0) is 4.79 Å². The van der Waals surface area contributed by atoms with E-state index in [2.05, 4.69) is 10.2 Å². The van der Waals surface area contributed by atoms with Crippen molar-refractivity contribution in [2.24, 2.45) is 0 Å². The summed E-state index contributed by atoms with van der Waals surface area (Å²) in [4.78, 5) is 24.6. The molecule has 0 radical (unpaired) electrons. The molecule has 0 aromatic heterocycles. The van der Waals surface area contributed by atoms with E-state index in [0.29, 0.717) is 11.6 Å². The molecule has 3 rings (SSSR count). The maximum absolute atomic E-state index is 12.2. The van der Waals surface area contributed by atoms with Crippen LogP contribution >= 0.6 is 11.6 Å². The van der Waals surface area contributed by atoms with E-state index in [0.717, 1.165) is 24.4 Å². The minimum Gasteiger partial charge on any atom is -0.495 e. The summed E-state index contributed by atoms with van der Waals surface area (Å²) < 4.78 is 10.8. The molecular formula is C19H20ClN3O5. The summed E-state index contributed by atoms with van der Waals surface area (Å²) in [5.74, 6) is 0.725. The van der Waals surface area contributed by atoms with Crippen LogP contribution in [0.4, 0.5) is 11.4 Å². The number of rotatable bonds is 7. The van der Waals surface area contributed by atoms with Gasteiger partial charge in [-0.15, -0.1) is 0 Å². The molecular weight excluding hydrogens is 386 g/mol. The standard InChI is InChI=1S/C19H20ClN3O5/c1-27-18-6-5-13(20)9-17(18)22-8-7-14(11-22)21-19(24)12-28-16-4-2-3-15(10-16)23(25)26/h2-6,9-10,14H,7-8,11-12H2,1H3,(H,21,24). The van der Waals surface area contributed by atoms with Gasteiger partial charge in [0.15, 0.2) is 6.61 Å². The lowest BCUT2D eigenvalue weighted by Crippen LogP contribution is -2.39. The average molecular weight is 406 g/mol. The third kappa shape index (κ3) is 4.83. The van der Waals surface area contributed by atoms with Gasteiger partial charge < -0.3 is 19.7 Å². The molecule has 2 aromatic carbocycles. The second kappa shape index (κ2) is 8.79. The number of nitro groups is 1. The fourth-order valence-corrected chi connectivity index (χ4v) is 3.28. The Hall–Kier alpha value is -3.00. The fraction of sp³-hybridized carbons (Fsp3) is 0.316. The predicted octanol–water partition coefficient (Wildman–Crippen LogP) is 3.03. The first-order chi connectivity index (χ1) is 13.5. The number of nitrogens with zero attached hydrogens (tertiary/aromatic N) is 2. The minimum absolute atomic E-state index is 0.0371. The number of hydrogen-bond donors (Lipinski definition) is 1. The van der Waals surface area contributed by atoms with E-state index in [4.69, 9.17) is 21.1 Å². The largest absolute Gasteiger partial charge is 0.495 e. The first-order valence-electron chi connectivity index (χ1n) is 8.71. The van der Waals surface area contributed by atoms with Crippen molar-refractivity contribution in [1.29, 1.82) is 0 Å². The minimum atomic E-state index is -0.510. The zero-order valence-electron chi connectivity index (χ0n) is 15.3. The van der Waals surface area contributed by atoms with E-state index in [1.165, 1.54) is 18.2 Å². The number of nitrogens with one attached hydrogen (secondary N) is 1. The van der Waals surface area contributed by atoms with Gasteiger partial charge in [-0.25, -0.2) is 0 Å². The molecule has 1 aliphatic heterocycles. The van der Waals surface area contributed by atoms with Gasteiger partial charge in [0.25, 0.3) is 11.6 Å². The van der Waals surface area contributed by atoms with Crippen LogP contribution in [0.15, 0.2) is 42.5 Å². The van der Waals surface area contributed by atoms with E-state index in [9.17, 15) is 14.9 Å². The Labute approximate surface area is 167 Å². The zero-order valence-corrected chi connectivity index (χ0v) is 16.0. The lowest BCUT2D eigenvalue weighted by Gasteiger charge is -2.21. The van der Waals surface area contributed by atoms with Crippen molar-refractivity contribution < 1.29 is 19.2 Å². The summed E-state index contributed by atoms with van der Waals surface area (Å²) in [7, 11) is 1.60. The maximum Gasteiger partial charge on any atom is 0.273 e. The van der Waals surface area contributed by atoms with Gasteiger partial charge in [-0.05, 0) is 30.7 Å². The Morgan fingerprint density at radius 2 is 2.18 bits per heavy atom. The smallest absolute Gasteiger partial charge is 0.273 e. The van der Waals surface area contributed by atoms with Crippen molar-refractivity contribution in [3.63, 3.8) is 0 Å². The van der Waals surface area contributed by atoms with Gasteiger partial charge in [0.2, 0.25) is 0 Å². The number of anilines is 1. The third-order valence-electron chi connectivity index (χ3n) is 4.43. The number of halogens is 1. The van der Waals surface area contributed by atoms with Crippen LogP contribution in [0.2, 0.25) is 5.02 Å². The molecule has 8 nitrogen and oxygen atoms in total. The van der Waals surface area contributed by atoms with E-state index < -0.39 is 4.92 Å². The Morgan fingerprint density at radius 3 is 2.93 bits per heavy atom. The van der Waals surface area contributed by atoms with E-state index in [1.807, 2.05) is 12.1 Å². The van der Waals surface area contributed by atoms with Gasteiger partial charge in [-0.2, -0.15) is 0 Å². The monoisotopic (exact) mass is 405 g/mol. The second-order valence-electron chi connectivity index (χ2n) is 6.36. The highest BCUT2D eigenvalue weighted by Crippen LogP contribution is 2.33. The fourth-order valence-electron chi connectivity index (χ4n) is 3.11. The van der Waals surface area contributed by atoms with Gasteiger partial charge in [0.1, 0.15) is 11.5 Å². The normalized spacial score (nSPS) is 15.9. The average Bonchev–Trinajstić information content (AvgIpc) is 3.15. The number of ether oxygens (including phenoxy) is 2. The van der Waals surface area contributed by atoms with Crippen LogP contribution < -0.4 is 19.7 Å². The van der Waals surface area contributed by atoms with Gasteiger partial charge in [0.05, 0.1) is 23.8 Å². The molecule has 1 saturated heterocycles. The Morgan fingerprint density at radius 1 is 1.36 bits per heavy atom. The molecule has 1 N–H and O–H groups in total. The molecule has 1 atom stereocenters. The molecule has 2 aromatic rings. The van der Waals surface area contributed by atoms with Crippen molar-refractivity contribution in [3.8, 4) is 11.5 Å². The van der Waals surface area contributed by atoms with Crippen LogP contribution in [0.1, 0.15) is 6.42 Å². The third-order valence-corrected chi connectivity index (χ3v) is 4.67. The number of carbonyl (C=O) groups excluding carboxylic acids is 1. The Bertz CT molecular complexity index is 876. The molecule has 0 spiro atoms. The van der Waals surface area contributed by atoms with Crippen LogP contribution in [0.25, 0.3) is 0 Å². The highest BCUT2D eigenvalue weighted by Gasteiger charge is 2.26. The maximum atomic E-state index is 12.2. The number of non-ortho nitro benzene ring substituents is 1. The summed E-state index contributed by atoms with van der Waals surface area (Å²) >= 11 is 6.09. The van der Waals surface area contributed by atoms with Crippen molar-refractivity contribution in [2.75, 3.05) is 31.7 Å². The van der Waals surface area contributed by atoms with Crippen molar-refractivity contribution >= 4 is 28.9 Å². The van der Waals surface area contributed by atoms with Gasteiger partial charge in [-0.1, -0.05) is 17.7 Å². The molecule has 0 saturated carbocycles. The highest BCUT2D eigenvalue weighted by atomic mass is 35.5. The number of amides is 1. The number of nitro benzene ring substituents is 1. The number of carbonyl (C=O) groups is 1. The molecule has 1 heterocycles.